The third-order valence-electron chi connectivity index (χ3n) is 2.49. The molecule has 0 saturated heterocycles. The molecule has 21 heavy (non-hydrogen) atoms. The van der Waals surface area contributed by atoms with Crippen LogP contribution in [-0.4, -0.2) is 20.9 Å². The van der Waals surface area contributed by atoms with Crippen LogP contribution < -0.4 is 15.0 Å². The van der Waals surface area contributed by atoms with Crippen molar-refractivity contribution < 1.29 is 17.9 Å². The van der Waals surface area contributed by atoms with E-state index in [0.29, 0.717) is 5.75 Å². The Bertz CT molecular complexity index is 687. The highest BCUT2D eigenvalue weighted by Gasteiger charge is 2.14. The molecule has 0 spiro atoms. The van der Waals surface area contributed by atoms with E-state index in [1.54, 1.807) is 42.5 Å². The average Bonchev–Trinajstić information content (AvgIpc) is 2.53. The molecule has 0 fully saturated rings. The zero-order valence-electron chi connectivity index (χ0n) is 11.0. The van der Waals surface area contributed by atoms with Gasteiger partial charge in [-0.05, 0) is 24.3 Å². The third kappa shape index (κ3) is 4.59. The molecular formula is C14H14N2O4S. The molecule has 0 unspecified atom stereocenters. The lowest BCUT2D eigenvalue weighted by Gasteiger charge is -2.09. The lowest BCUT2D eigenvalue weighted by molar-refractivity contribution is -0.123. The van der Waals surface area contributed by atoms with Gasteiger partial charge < -0.3 is 4.74 Å². The smallest absolute Gasteiger partial charge is 0.272 e. The lowest BCUT2D eigenvalue weighted by Crippen LogP contribution is -2.43. The first-order valence-electron chi connectivity index (χ1n) is 6.11. The van der Waals surface area contributed by atoms with Gasteiger partial charge in [-0.2, -0.15) is 0 Å². The van der Waals surface area contributed by atoms with Gasteiger partial charge in [-0.25, -0.2) is 8.42 Å². The van der Waals surface area contributed by atoms with Crippen molar-refractivity contribution in [3.8, 4) is 5.75 Å². The minimum atomic E-state index is -3.78. The lowest BCUT2D eigenvalue weighted by atomic mass is 10.3. The SMILES string of the molecule is O=C(COc1ccccc1)NNS(=O)(=O)c1ccccc1. The van der Waals surface area contributed by atoms with Gasteiger partial charge in [0.25, 0.3) is 15.9 Å². The highest BCUT2D eigenvalue weighted by molar-refractivity contribution is 7.89. The molecule has 0 bridgehead atoms. The maximum Gasteiger partial charge on any atom is 0.272 e. The number of ether oxygens (including phenoxy) is 1. The maximum absolute atomic E-state index is 11.8. The molecule has 2 aromatic carbocycles. The van der Waals surface area contributed by atoms with Crippen LogP contribution in [0, 0.1) is 0 Å². The first-order valence-corrected chi connectivity index (χ1v) is 7.60. The van der Waals surface area contributed by atoms with E-state index < -0.39 is 15.9 Å². The van der Waals surface area contributed by atoms with Crippen molar-refractivity contribution in [2.45, 2.75) is 4.90 Å². The molecule has 0 aliphatic rings. The zero-order chi connectivity index (χ0) is 15.1. The van der Waals surface area contributed by atoms with Gasteiger partial charge in [0, 0.05) is 0 Å². The highest BCUT2D eigenvalue weighted by atomic mass is 32.2. The minimum Gasteiger partial charge on any atom is -0.484 e. The fourth-order valence-corrected chi connectivity index (χ4v) is 2.37. The number of hydrogen-bond acceptors (Lipinski definition) is 4. The van der Waals surface area contributed by atoms with E-state index in [9.17, 15) is 13.2 Å². The highest BCUT2D eigenvalue weighted by Crippen LogP contribution is 2.08. The summed E-state index contributed by atoms with van der Waals surface area (Å²) in [6.07, 6.45) is 0. The molecule has 2 rings (SSSR count). The molecule has 2 N–H and O–H groups in total. The average molecular weight is 306 g/mol. The standard InChI is InChI=1S/C14H14N2O4S/c17-14(11-20-12-7-3-1-4-8-12)15-16-21(18,19)13-9-5-2-6-10-13/h1-10,16H,11H2,(H,15,17). The van der Waals surface area contributed by atoms with Gasteiger partial charge in [0.1, 0.15) is 5.75 Å². The molecule has 110 valence electrons. The molecule has 0 atom stereocenters. The van der Waals surface area contributed by atoms with Gasteiger partial charge in [-0.1, -0.05) is 36.4 Å². The van der Waals surface area contributed by atoms with Crippen LogP contribution in [0.5, 0.6) is 5.75 Å². The first-order chi connectivity index (χ1) is 10.1. The van der Waals surface area contributed by atoms with E-state index in [0.717, 1.165) is 0 Å². The Hall–Kier alpha value is -2.38. The largest absolute Gasteiger partial charge is 0.484 e. The van der Waals surface area contributed by atoms with Crippen LogP contribution in [0.15, 0.2) is 65.6 Å². The second-order valence-corrected chi connectivity index (χ2v) is 5.75. The molecule has 0 aromatic heterocycles. The summed E-state index contributed by atoms with van der Waals surface area (Å²) >= 11 is 0. The fraction of sp³-hybridized carbons (Fsp3) is 0.0714. The second-order valence-electron chi connectivity index (χ2n) is 4.07. The Labute approximate surface area is 122 Å². The maximum atomic E-state index is 11.8. The van der Waals surface area contributed by atoms with Crippen LogP contribution in [0.1, 0.15) is 0 Å². The molecule has 1 amide bonds. The molecular weight excluding hydrogens is 292 g/mol. The van der Waals surface area contributed by atoms with E-state index in [2.05, 4.69) is 5.43 Å². The van der Waals surface area contributed by atoms with Crippen LogP contribution >= 0.6 is 0 Å². The van der Waals surface area contributed by atoms with Crippen molar-refractivity contribution in [1.29, 1.82) is 0 Å². The number of sulfonamides is 1. The van der Waals surface area contributed by atoms with Gasteiger partial charge in [-0.3, -0.25) is 10.2 Å². The summed E-state index contributed by atoms with van der Waals surface area (Å²) in [7, 11) is -3.78. The van der Waals surface area contributed by atoms with Gasteiger partial charge in [-0.15, -0.1) is 4.83 Å². The molecule has 0 heterocycles. The summed E-state index contributed by atoms with van der Waals surface area (Å²) < 4.78 is 28.9. The Kier molecular flexibility index (Phi) is 4.91. The number of rotatable bonds is 6. The normalized spacial score (nSPS) is 10.9. The van der Waals surface area contributed by atoms with Gasteiger partial charge in [0.15, 0.2) is 6.61 Å². The Morgan fingerprint density at radius 3 is 2.14 bits per heavy atom. The molecule has 2 aromatic rings. The van der Waals surface area contributed by atoms with Crippen LogP contribution in [0.4, 0.5) is 0 Å². The number of carbonyl (C=O) groups is 1. The number of hydrazine groups is 1. The quantitative estimate of drug-likeness (QED) is 0.782. The summed E-state index contributed by atoms with van der Waals surface area (Å²) in [5.41, 5.74) is 2.09. The predicted octanol–water partition coefficient (Wildman–Crippen LogP) is 1.08. The summed E-state index contributed by atoms with van der Waals surface area (Å²) in [5.74, 6) is -0.0723. The van der Waals surface area contributed by atoms with Gasteiger partial charge in [0.2, 0.25) is 0 Å². The van der Waals surface area contributed by atoms with Crippen molar-refractivity contribution in [2.75, 3.05) is 6.61 Å². The second kappa shape index (κ2) is 6.87. The molecule has 6 nitrogen and oxygen atoms in total. The number of carbonyl (C=O) groups excluding carboxylic acids is 1. The Balaban J connectivity index is 1.84. The zero-order valence-corrected chi connectivity index (χ0v) is 11.8. The summed E-state index contributed by atoms with van der Waals surface area (Å²) in [4.78, 5) is 13.6. The van der Waals surface area contributed by atoms with Crippen molar-refractivity contribution in [3.63, 3.8) is 0 Å². The van der Waals surface area contributed by atoms with E-state index in [1.165, 1.54) is 12.1 Å². The van der Waals surface area contributed by atoms with Crippen molar-refractivity contribution in [2.24, 2.45) is 0 Å². The number of hydrogen-bond donors (Lipinski definition) is 2. The summed E-state index contributed by atoms with van der Waals surface area (Å²) in [6.45, 7) is -0.290. The summed E-state index contributed by atoms with van der Waals surface area (Å²) in [5, 5.41) is 0. The minimum absolute atomic E-state index is 0.0641. The van der Waals surface area contributed by atoms with Gasteiger partial charge >= 0.3 is 0 Å². The van der Waals surface area contributed by atoms with E-state index in [4.69, 9.17) is 4.74 Å². The molecule has 0 saturated carbocycles. The van der Waals surface area contributed by atoms with E-state index in [-0.39, 0.29) is 11.5 Å². The van der Waals surface area contributed by atoms with E-state index >= 15 is 0 Å². The number of nitrogens with one attached hydrogen (secondary N) is 2. The van der Waals surface area contributed by atoms with Crippen molar-refractivity contribution >= 4 is 15.9 Å². The third-order valence-corrected chi connectivity index (χ3v) is 3.76. The van der Waals surface area contributed by atoms with Crippen LogP contribution in [-0.2, 0) is 14.8 Å². The molecule has 0 radical (unpaired) electrons. The fourth-order valence-electron chi connectivity index (χ4n) is 1.48. The van der Waals surface area contributed by atoms with E-state index in [1.807, 2.05) is 10.9 Å². The predicted molar refractivity (Wildman–Crippen MR) is 76.8 cm³/mol. The molecule has 0 aliphatic carbocycles. The van der Waals surface area contributed by atoms with Crippen LogP contribution in [0.3, 0.4) is 0 Å². The van der Waals surface area contributed by atoms with Crippen molar-refractivity contribution in [3.05, 3.63) is 60.7 Å². The Morgan fingerprint density at radius 1 is 0.952 bits per heavy atom. The number of para-hydroxylation sites is 1. The number of benzene rings is 2. The molecule has 0 aliphatic heterocycles. The molecule has 7 heteroatoms. The number of amides is 1. The van der Waals surface area contributed by atoms with Crippen LogP contribution in [0.25, 0.3) is 0 Å². The van der Waals surface area contributed by atoms with Crippen LogP contribution in [0.2, 0.25) is 0 Å². The Morgan fingerprint density at radius 2 is 1.52 bits per heavy atom. The summed E-state index contributed by atoms with van der Waals surface area (Å²) in [6, 6.07) is 16.5. The monoisotopic (exact) mass is 306 g/mol. The first kappa shape index (κ1) is 15.0. The van der Waals surface area contributed by atoms with Gasteiger partial charge in [0.05, 0.1) is 4.90 Å². The topological polar surface area (TPSA) is 84.5 Å². The van der Waals surface area contributed by atoms with Crippen molar-refractivity contribution in [1.82, 2.24) is 10.3 Å².